The van der Waals surface area contributed by atoms with Gasteiger partial charge >= 0.3 is 6.18 Å². The Morgan fingerprint density at radius 2 is 2.06 bits per heavy atom. The Balaban J connectivity index is 1.53. The van der Waals surface area contributed by atoms with Crippen LogP contribution in [0.1, 0.15) is 30.5 Å². The lowest BCUT2D eigenvalue weighted by Gasteiger charge is -2.34. The zero-order valence-electron chi connectivity index (χ0n) is 17.0. The number of para-hydroxylation sites is 1. The average Bonchev–Trinajstić information content (AvgIpc) is 3.24. The summed E-state index contributed by atoms with van der Waals surface area (Å²) in [4.78, 5) is 22.1. The molecule has 2 aliphatic heterocycles. The van der Waals surface area contributed by atoms with E-state index in [4.69, 9.17) is 5.73 Å². The van der Waals surface area contributed by atoms with E-state index in [-0.39, 0.29) is 35.1 Å². The van der Waals surface area contributed by atoms with Gasteiger partial charge in [-0.2, -0.15) is 13.2 Å². The van der Waals surface area contributed by atoms with Crippen molar-refractivity contribution in [1.82, 2.24) is 4.98 Å². The second-order valence-corrected chi connectivity index (χ2v) is 7.72. The molecular weight excluding hydrogens is 426 g/mol. The Bertz CT molecular complexity index is 1100. The van der Waals surface area contributed by atoms with Crippen LogP contribution in [0, 0.1) is 5.82 Å². The number of benzene rings is 1. The molecular formula is C22H21F4N5O. The number of carbonyl (C=O) groups is 1. The number of aromatic nitrogens is 1. The van der Waals surface area contributed by atoms with E-state index in [0.29, 0.717) is 18.8 Å². The van der Waals surface area contributed by atoms with Crippen molar-refractivity contribution in [2.45, 2.75) is 31.5 Å². The number of nitrogens with zero attached hydrogens (tertiary/aromatic N) is 3. The van der Waals surface area contributed by atoms with Crippen LogP contribution in [-0.4, -0.2) is 35.7 Å². The molecule has 0 spiro atoms. The maximum atomic E-state index is 14.6. The van der Waals surface area contributed by atoms with Crippen LogP contribution >= 0.6 is 0 Å². The normalized spacial score (nSPS) is 18.9. The lowest BCUT2D eigenvalue weighted by molar-refractivity contribution is -0.141. The summed E-state index contributed by atoms with van der Waals surface area (Å²) in [7, 11) is 0. The van der Waals surface area contributed by atoms with Crippen molar-refractivity contribution in [2.24, 2.45) is 10.7 Å². The summed E-state index contributed by atoms with van der Waals surface area (Å²) in [6.45, 7) is 1.09. The SMILES string of the molecule is N[C@@H]1CCCN(c2c(F)cccc2NC(=O)C2=NC(c3ccnc(C(F)(F)F)c3)=CC2)C1. The third-order valence-electron chi connectivity index (χ3n) is 5.36. The van der Waals surface area contributed by atoms with E-state index < -0.39 is 23.6 Å². The Morgan fingerprint density at radius 1 is 1.25 bits per heavy atom. The Hall–Kier alpha value is -3.27. The number of hydrogen-bond acceptors (Lipinski definition) is 5. The highest BCUT2D eigenvalue weighted by Gasteiger charge is 2.33. The zero-order valence-corrected chi connectivity index (χ0v) is 17.0. The summed E-state index contributed by atoms with van der Waals surface area (Å²) in [6, 6.07) is 6.61. The van der Waals surface area contributed by atoms with Gasteiger partial charge in [0.05, 0.1) is 17.1 Å². The molecule has 3 heterocycles. The Labute approximate surface area is 181 Å². The van der Waals surface area contributed by atoms with Gasteiger partial charge in [-0.05, 0) is 37.1 Å². The molecule has 0 radical (unpaired) electrons. The zero-order chi connectivity index (χ0) is 22.9. The summed E-state index contributed by atoms with van der Waals surface area (Å²) >= 11 is 0. The number of nitrogens with one attached hydrogen (secondary N) is 1. The number of allylic oxidation sites excluding steroid dienone is 1. The number of rotatable bonds is 4. The molecule has 32 heavy (non-hydrogen) atoms. The van der Waals surface area contributed by atoms with Crippen LogP contribution in [0.2, 0.25) is 0 Å². The summed E-state index contributed by atoms with van der Waals surface area (Å²) in [5.41, 5.74) is 6.14. The predicted octanol–water partition coefficient (Wildman–Crippen LogP) is 3.99. The van der Waals surface area contributed by atoms with Gasteiger partial charge in [0.2, 0.25) is 0 Å². The van der Waals surface area contributed by atoms with E-state index in [1.807, 2.05) is 4.90 Å². The molecule has 1 fully saturated rings. The van der Waals surface area contributed by atoms with Crippen LogP contribution in [0.15, 0.2) is 47.6 Å². The van der Waals surface area contributed by atoms with Gasteiger partial charge in [-0.25, -0.2) is 9.38 Å². The quantitative estimate of drug-likeness (QED) is 0.695. The number of anilines is 2. The number of hydrogen-bond donors (Lipinski definition) is 2. The molecule has 10 heteroatoms. The van der Waals surface area contributed by atoms with E-state index in [0.717, 1.165) is 25.1 Å². The number of aliphatic imine (C=N–C) groups is 1. The lowest BCUT2D eigenvalue weighted by Crippen LogP contribution is -2.43. The number of amides is 1. The second kappa shape index (κ2) is 8.70. The third-order valence-corrected chi connectivity index (χ3v) is 5.36. The summed E-state index contributed by atoms with van der Waals surface area (Å²) in [5, 5.41) is 2.70. The molecule has 0 unspecified atom stereocenters. The lowest BCUT2D eigenvalue weighted by atomic mass is 10.1. The van der Waals surface area contributed by atoms with Crippen LogP contribution in [0.3, 0.4) is 0 Å². The fourth-order valence-electron chi connectivity index (χ4n) is 3.85. The molecule has 6 nitrogen and oxygen atoms in total. The van der Waals surface area contributed by atoms with Crippen LogP contribution in [0.5, 0.6) is 0 Å². The van der Waals surface area contributed by atoms with Gasteiger partial charge in [-0.3, -0.25) is 9.78 Å². The average molecular weight is 447 g/mol. The number of pyridine rings is 1. The minimum atomic E-state index is -4.58. The highest BCUT2D eigenvalue weighted by molar-refractivity contribution is 6.45. The predicted molar refractivity (Wildman–Crippen MR) is 114 cm³/mol. The number of halogens is 4. The maximum Gasteiger partial charge on any atom is 0.433 e. The van der Waals surface area contributed by atoms with Gasteiger partial charge in [-0.15, -0.1) is 0 Å². The number of alkyl halides is 3. The molecule has 2 aromatic rings. The summed E-state index contributed by atoms with van der Waals surface area (Å²) < 4.78 is 53.4. The van der Waals surface area contributed by atoms with Crippen molar-refractivity contribution >= 4 is 28.7 Å². The van der Waals surface area contributed by atoms with E-state index in [1.165, 1.54) is 18.2 Å². The van der Waals surface area contributed by atoms with Gasteiger partial charge < -0.3 is 16.0 Å². The van der Waals surface area contributed by atoms with Gasteiger partial charge in [-0.1, -0.05) is 12.1 Å². The van der Waals surface area contributed by atoms with Crippen LogP contribution in [-0.2, 0) is 11.0 Å². The maximum absolute atomic E-state index is 14.6. The topological polar surface area (TPSA) is 83.6 Å². The molecule has 0 saturated carbocycles. The van der Waals surface area contributed by atoms with Crippen molar-refractivity contribution in [3.63, 3.8) is 0 Å². The first-order chi connectivity index (χ1) is 15.2. The highest BCUT2D eigenvalue weighted by atomic mass is 19.4. The van der Waals surface area contributed by atoms with Crippen molar-refractivity contribution < 1.29 is 22.4 Å². The highest BCUT2D eigenvalue weighted by Crippen LogP contribution is 2.33. The third kappa shape index (κ3) is 4.64. The first kappa shape index (κ1) is 21.9. The first-order valence-electron chi connectivity index (χ1n) is 10.1. The minimum absolute atomic E-state index is 0.0835. The minimum Gasteiger partial charge on any atom is -0.366 e. The molecule has 168 valence electrons. The van der Waals surface area contributed by atoms with E-state index in [9.17, 15) is 22.4 Å². The Kier molecular flexibility index (Phi) is 5.96. The smallest absolute Gasteiger partial charge is 0.366 e. The van der Waals surface area contributed by atoms with Crippen molar-refractivity contribution in [1.29, 1.82) is 0 Å². The molecule has 1 atom stereocenters. The fourth-order valence-corrected chi connectivity index (χ4v) is 3.85. The molecule has 0 aliphatic carbocycles. The van der Waals surface area contributed by atoms with Crippen molar-refractivity contribution in [3.8, 4) is 0 Å². The molecule has 0 bridgehead atoms. The van der Waals surface area contributed by atoms with Crippen LogP contribution < -0.4 is 16.0 Å². The molecule has 1 aromatic heterocycles. The molecule has 1 amide bonds. The molecule has 1 saturated heterocycles. The molecule has 1 aromatic carbocycles. The van der Waals surface area contributed by atoms with E-state index in [1.54, 1.807) is 12.1 Å². The van der Waals surface area contributed by atoms with Crippen molar-refractivity contribution in [2.75, 3.05) is 23.3 Å². The second-order valence-electron chi connectivity index (χ2n) is 7.72. The molecule has 2 aliphatic rings. The standard InChI is InChI=1S/C22H21F4N5O/c23-15-4-1-5-17(20(15)31-10-2-3-14(27)12-31)30-21(32)18-7-6-16(29-18)13-8-9-28-19(11-13)22(24,25)26/h1,4-6,8-9,11,14H,2-3,7,10,12,27H2,(H,30,32)/t14-/m1/s1. The molecule has 3 N–H and O–H groups in total. The van der Waals surface area contributed by atoms with Gasteiger partial charge in [0.25, 0.3) is 5.91 Å². The van der Waals surface area contributed by atoms with Gasteiger partial charge in [0, 0.05) is 37.3 Å². The van der Waals surface area contributed by atoms with E-state index in [2.05, 4.69) is 15.3 Å². The summed E-state index contributed by atoms with van der Waals surface area (Å²) in [6.07, 6.45) is -0.152. The van der Waals surface area contributed by atoms with Gasteiger partial charge in [0.15, 0.2) is 0 Å². The largest absolute Gasteiger partial charge is 0.433 e. The number of piperidine rings is 1. The first-order valence-corrected chi connectivity index (χ1v) is 10.1. The van der Waals surface area contributed by atoms with Crippen LogP contribution in [0.25, 0.3) is 5.70 Å². The van der Waals surface area contributed by atoms with Gasteiger partial charge in [0.1, 0.15) is 17.2 Å². The summed E-state index contributed by atoms with van der Waals surface area (Å²) in [5.74, 6) is -1.02. The number of carbonyl (C=O) groups excluding carboxylic acids is 1. The molecule has 4 rings (SSSR count). The monoisotopic (exact) mass is 447 g/mol. The van der Waals surface area contributed by atoms with Crippen LogP contribution in [0.4, 0.5) is 28.9 Å². The Morgan fingerprint density at radius 3 is 2.81 bits per heavy atom. The van der Waals surface area contributed by atoms with Crippen molar-refractivity contribution in [3.05, 3.63) is 59.7 Å². The number of nitrogens with two attached hydrogens (primary N) is 1. The fraction of sp³-hybridized carbons (Fsp3) is 0.318. The van der Waals surface area contributed by atoms with E-state index >= 15 is 0 Å².